The Morgan fingerprint density at radius 1 is 1.25 bits per heavy atom. The lowest BCUT2D eigenvalue weighted by Gasteiger charge is -2.16. The van der Waals surface area contributed by atoms with Crippen molar-refractivity contribution in [1.82, 2.24) is 14.2 Å². The number of fused-ring (bicyclic) bond motifs is 1. The number of aromatic nitrogens is 3. The first-order chi connectivity index (χ1) is 13.1. The zero-order valence-corrected chi connectivity index (χ0v) is 16.4. The van der Waals surface area contributed by atoms with E-state index in [1.165, 1.54) is 35.4 Å². The molecule has 0 aliphatic rings. The van der Waals surface area contributed by atoms with Gasteiger partial charge in [-0.3, -0.25) is 9.36 Å². The Kier molecular flexibility index (Phi) is 4.99. The van der Waals surface area contributed by atoms with Crippen LogP contribution in [0.3, 0.4) is 0 Å². The van der Waals surface area contributed by atoms with Gasteiger partial charge in [-0.2, -0.15) is 13.2 Å². The van der Waals surface area contributed by atoms with Crippen molar-refractivity contribution >= 4 is 5.52 Å². The number of nitrogens with zero attached hydrogens (tertiary/aromatic N) is 3. The van der Waals surface area contributed by atoms with Gasteiger partial charge in [0, 0.05) is 18.3 Å². The Bertz CT molecular complexity index is 1100. The number of aryl methyl sites for hydroxylation is 1. The third kappa shape index (κ3) is 3.16. The molecule has 3 rings (SSSR count). The van der Waals surface area contributed by atoms with Crippen LogP contribution in [0.5, 0.6) is 5.75 Å². The summed E-state index contributed by atoms with van der Waals surface area (Å²) in [5, 5.41) is 4.41. The standard InChI is InChI=1S/C20H22F3N3O2/c1-6-11(2)15-9-12(3)26-17(15)19(27)25(4)18(24-26)14-8-7-13(28-5)10-16(14)20(21,22)23/h7-11H,6H2,1-5H3. The minimum Gasteiger partial charge on any atom is -0.497 e. The molecule has 0 bridgehead atoms. The molecule has 1 atom stereocenters. The van der Waals surface area contributed by atoms with E-state index in [1.807, 2.05) is 19.9 Å². The van der Waals surface area contributed by atoms with E-state index in [1.54, 1.807) is 6.92 Å². The second kappa shape index (κ2) is 7.00. The van der Waals surface area contributed by atoms with Crippen LogP contribution in [0, 0.1) is 6.92 Å². The van der Waals surface area contributed by atoms with Crippen LogP contribution in [0.15, 0.2) is 29.1 Å². The highest BCUT2D eigenvalue weighted by molar-refractivity contribution is 5.65. The lowest BCUT2D eigenvalue weighted by molar-refractivity contribution is -0.137. The van der Waals surface area contributed by atoms with Crippen molar-refractivity contribution < 1.29 is 17.9 Å². The molecule has 1 aromatic carbocycles. The molecule has 1 unspecified atom stereocenters. The van der Waals surface area contributed by atoms with Gasteiger partial charge in [-0.25, -0.2) is 4.52 Å². The maximum absolute atomic E-state index is 13.7. The largest absolute Gasteiger partial charge is 0.497 e. The second-order valence-electron chi connectivity index (χ2n) is 6.91. The van der Waals surface area contributed by atoms with Crippen LogP contribution in [-0.4, -0.2) is 21.3 Å². The molecule has 5 nitrogen and oxygen atoms in total. The zero-order chi connectivity index (χ0) is 20.8. The van der Waals surface area contributed by atoms with E-state index in [9.17, 15) is 18.0 Å². The second-order valence-corrected chi connectivity index (χ2v) is 6.91. The highest BCUT2D eigenvalue weighted by atomic mass is 19.4. The van der Waals surface area contributed by atoms with E-state index in [-0.39, 0.29) is 28.6 Å². The van der Waals surface area contributed by atoms with Crippen LogP contribution < -0.4 is 10.3 Å². The fraction of sp³-hybridized carbons (Fsp3) is 0.400. The Labute approximate surface area is 160 Å². The molecule has 3 aromatic rings. The summed E-state index contributed by atoms with van der Waals surface area (Å²) in [5.74, 6) is 0.163. The van der Waals surface area contributed by atoms with E-state index in [0.29, 0.717) is 11.2 Å². The monoisotopic (exact) mass is 393 g/mol. The van der Waals surface area contributed by atoms with E-state index < -0.39 is 11.7 Å². The summed E-state index contributed by atoms with van der Waals surface area (Å²) in [6.07, 6.45) is -3.79. The smallest absolute Gasteiger partial charge is 0.417 e. The summed E-state index contributed by atoms with van der Waals surface area (Å²) in [6.45, 7) is 5.81. The first kappa shape index (κ1) is 20.0. The van der Waals surface area contributed by atoms with Gasteiger partial charge < -0.3 is 4.74 Å². The first-order valence-electron chi connectivity index (χ1n) is 8.95. The van der Waals surface area contributed by atoms with Crippen LogP contribution in [0.2, 0.25) is 0 Å². The lowest BCUT2D eigenvalue weighted by atomic mass is 10.00. The molecule has 0 N–H and O–H groups in total. The fourth-order valence-electron chi connectivity index (χ4n) is 3.32. The van der Waals surface area contributed by atoms with Gasteiger partial charge in [-0.15, -0.1) is 5.10 Å². The topological polar surface area (TPSA) is 48.5 Å². The van der Waals surface area contributed by atoms with Crippen molar-refractivity contribution in [1.29, 1.82) is 0 Å². The molecule has 2 heterocycles. The number of ether oxygens (including phenoxy) is 1. The SMILES string of the molecule is CCC(C)c1cc(C)n2nc(-c3ccc(OC)cc3C(F)(F)F)n(C)c(=O)c12. The average molecular weight is 393 g/mol. The third-order valence-electron chi connectivity index (χ3n) is 5.12. The molecule has 0 spiro atoms. The number of rotatable bonds is 4. The summed E-state index contributed by atoms with van der Waals surface area (Å²) in [5.41, 5.74) is 0.503. The highest BCUT2D eigenvalue weighted by Gasteiger charge is 2.35. The molecular weight excluding hydrogens is 371 g/mol. The van der Waals surface area contributed by atoms with Gasteiger partial charge in [-0.1, -0.05) is 13.8 Å². The van der Waals surface area contributed by atoms with Crippen molar-refractivity contribution in [3.8, 4) is 17.1 Å². The molecule has 0 aliphatic heterocycles. The predicted molar refractivity (Wildman–Crippen MR) is 101 cm³/mol. The molecule has 0 radical (unpaired) electrons. The molecule has 0 aliphatic carbocycles. The van der Waals surface area contributed by atoms with Crippen molar-refractivity contribution in [3.05, 3.63) is 51.4 Å². The van der Waals surface area contributed by atoms with E-state index in [0.717, 1.165) is 18.1 Å². The van der Waals surface area contributed by atoms with Crippen molar-refractivity contribution in [2.24, 2.45) is 7.05 Å². The number of hydrogen-bond donors (Lipinski definition) is 0. The molecule has 8 heteroatoms. The van der Waals surface area contributed by atoms with E-state index in [4.69, 9.17) is 4.74 Å². The molecule has 0 fully saturated rings. The summed E-state index contributed by atoms with van der Waals surface area (Å²) < 4.78 is 48.5. The number of halogens is 3. The fourth-order valence-corrected chi connectivity index (χ4v) is 3.32. The third-order valence-corrected chi connectivity index (χ3v) is 5.12. The maximum atomic E-state index is 13.7. The van der Waals surface area contributed by atoms with Crippen LogP contribution in [0.1, 0.15) is 43.0 Å². The van der Waals surface area contributed by atoms with Gasteiger partial charge in [0.1, 0.15) is 11.3 Å². The molecule has 0 saturated heterocycles. The molecular formula is C20H22F3N3O2. The summed E-state index contributed by atoms with van der Waals surface area (Å²) >= 11 is 0. The Morgan fingerprint density at radius 3 is 2.50 bits per heavy atom. The Morgan fingerprint density at radius 2 is 1.93 bits per heavy atom. The molecule has 28 heavy (non-hydrogen) atoms. The van der Waals surface area contributed by atoms with Gasteiger partial charge in [-0.05, 0) is 49.1 Å². The Balaban J connectivity index is 2.37. The predicted octanol–water partition coefficient (Wildman–Crippen LogP) is 4.55. The van der Waals surface area contributed by atoms with E-state index in [2.05, 4.69) is 5.10 Å². The first-order valence-corrected chi connectivity index (χ1v) is 8.95. The minimum absolute atomic E-state index is 0.0538. The van der Waals surface area contributed by atoms with Gasteiger partial charge in [0.2, 0.25) is 0 Å². The number of methoxy groups -OCH3 is 1. The maximum Gasteiger partial charge on any atom is 0.417 e. The molecule has 150 valence electrons. The van der Waals surface area contributed by atoms with Crippen molar-refractivity contribution in [2.75, 3.05) is 7.11 Å². The molecule has 0 saturated carbocycles. The van der Waals surface area contributed by atoms with Crippen LogP contribution in [0.25, 0.3) is 16.9 Å². The zero-order valence-electron chi connectivity index (χ0n) is 16.4. The van der Waals surface area contributed by atoms with Gasteiger partial charge in [0.25, 0.3) is 5.56 Å². The summed E-state index contributed by atoms with van der Waals surface area (Å²) in [6, 6.07) is 5.50. The minimum atomic E-state index is -4.62. The van der Waals surface area contributed by atoms with Gasteiger partial charge in [0.15, 0.2) is 5.82 Å². The van der Waals surface area contributed by atoms with Crippen LogP contribution >= 0.6 is 0 Å². The number of alkyl halides is 3. The Hall–Kier alpha value is -2.77. The quantitative estimate of drug-likeness (QED) is 0.653. The van der Waals surface area contributed by atoms with Gasteiger partial charge >= 0.3 is 6.18 Å². The van der Waals surface area contributed by atoms with Crippen molar-refractivity contribution in [2.45, 2.75) is 39.3 Å². The molecule has 0 amide bonds. The van der Waals surface area contributed by atoms with Crippen molar-refractivity contribution in [3.63, 3.8) is 0 Å². The average Bonchev–Trinajstić information content (AvgIpc) is 2.99. The van der Waals surface area contributed by atoms with Gasteiger partial charge in [0.05, 0.1) is 12.7 Å². The summed E-state index contributed by atoms with van der Waals surface area (Å²) in [7, 11) is 2.74. The molecule has 2 aromatic heterocycles. The van der Waals surface area contributed by atoms with E-state index >= 15 is 0 Å². The number of benzene rings is 1. The number of hydrogen-bond acceptors (Lipinski definition) is 3. The van der Waals surface area contributed by atoms with Crippen LogP contribution in [-0.2, 0) is 13.2 Å². The highest BCUT2D eigenvalue weighted by Crippen LogP contribution is 2.38. The lowest BCUT2D eigenvalue weighted by Crippen LogP contribution is -2.25. The van der Waals surface area contributed by atoms with Crippen LogP contribution in [0.4, 0.5) is 13.2 Å². The normalized spacial score (nSPS) is 13.1. The summed E-state index contributed by atoms with van der Waals surface area (Å²) in [4.78, 5) is 13.1.